The molecule has 0 aliphatic carbocycles. The molecule has 3 rings (SSSR count). The Labute approximate surface area is 180 Å². The topological polar surface area (TPSA) is 100 Å². The van der Waals surface area contributed by atoms with Gasteiger partial charge in [0, 0.05) is 24.2 Å². The molecule has 0 aliphatic rings. The van der Waals surface area contributed by atoms with Crippen molar-refractivity contribution in [3.05, 3.63) is 60.3 Å². The van der Waals surface area contributed by atoms with Crippen molar-refractivity contribution in [1.29, 1.82) is 0 Å². The number of nitrogens with zero attached hydrogens (tertiary/aromatic N) is 1. The molecule has 0 aliphatic heterocycles. The summed E-state index contributed by atoms with van der Waals surface area (Å²) in [5.74, 6) is -0.709. The first-order valence-electron chi connectivity index (χ1n) is 8.63. The van der Waals surface area contributed by atoms with E-state index in [1.807, 2.05) is 4.72 Å². The quantitative estimate of drug-likeness (QED) is 0.500. The summed E-state index contributed by atoms with van der Waals surface area (Å²) in [5.41, 5.74) is 0.243. The van der Waals surface area contributed by atoms with Gasteiger partial charge in [-0.1, -0.05) is 6.07 Å². The van der Waals surface area contributed by atoms with Crippen LogP contribution in [0.4, 0.5) is 24.5 Å². The number of carbonyl (C=O) groups excluding carboxylic acids is 1. The number of hydrogen-bond acceptors (Lipinski definition) is 5. The molecule has 1 aromatic heterocycles. The SMILES string of the molecule is CC(=O)NS(=O)(=O)c1ccc(NC(=S)Nc2ccnc3cc(C(F)(F)F)ccc23)cc1. The van der Waals surface area contributed by atoms with Gasteiger partial charge in [0.2, 0.25) is 5.91 Å². The number of benzene rings is 2. The van der Waals surface area contributed by atoms with Gasteiger partial charge in [-0.25, -0.2) is 13.1 Å². The Morgan fingerprint density at radius 2 is 1.71 bits per heavy atom. The Morgan fingerprint density at radius 1 is 1.03 bits per heavy atom. The number of hydrogen-bond donors (Lipinski definition) is 3. The van der Waals surface area contributed by atoms with Crippen LogP contribution in [0.1, 0.15) is 12.5 Å². The molecule has 2 aromatic carbocycles. The number of thiocarbonyl (C=S) groups is 1. The van der Waals surface area contributed by atoms with Crippen LogP contribution in [-0.2, 0) is 21.0 Å². The predicted molar refractivity (Wildman–Crippen MR) is 114 cm³/mol. The molecule has 0 fully saturated rings. The summed E-state index contributed by atoms with van der Waals surface area (Å²) >= 11 is 5.23. The first kappa shape index (κ1) is 22.4. The monoisotopic (exact) mass is 468 g/mol. The van der Waals surface area contributed by atoms with E-state index in [-0.39, 0.29) is 15.5 Å². The minimum absolute atomic E-state index is 0.104. The van der Waals surface area contributed by atoms with E-state index in [2.05, 4.69) is 15.6 Å². The summed E-state index contributed by atoms with van der Waals surface area (Å²) in [7, 11) is -3.95. The third-order valence-electron chi connectivity index (χ3n) is 4.02. The van der Waals surface area contributed by atoms with Gasteiger partial charge in [-0.2, -0.15) is 13.2 Å². The second-order valence-electron chi connectivity index (χ2n) is 6.35. The Hall–Kier alpha value is -3.25. The number of carbonyl (C=O) groups is 1. The predicted octanol–water partition coefficient (Wildman–Crippen LogP) is 3.89. The number of pyridine rings is 1. The number of sulfonamides is 1. The maximum absolute atomic E-state index is 12.9. The number of anilines is 2. The molecular formula is C19H15F3N4O3S2. The van der Waals surface area contributed by atoms with E-state index < -0.39 is 27.7 Å². The van der Waals surface area contributed by atoms with Gasteiger partial charge in [-0.3, -0.25) is 9.78 Å². The number of halogens is 3. The zero-order valence-corrected chi connectivity index (χ0v) is 17.5. The van der Waals surface area contributed by atoms with Crippen LogP contribution < -0.4 is 15.4 Å². The molecule has 1 heterocycles. The van der Waals surface area contributed by atoms with Crippen LogP contribution in [0.5, 0.6) is 0 Å². The van der Waals surface area contributed by atoms with Gasteiger partial charge in [0.15, 0.2) is 5.11 Å². The number of nitrogens with one attached hydrogen (secondary N) is 3. The Balaban J connectivity index is 1.75. The first-order chi connectivity index (χ1) is 14.5. The molecule has 3 N–H and O–H groups in total. The van der Waals surface area contributed by atoms with E-state index in [9.17, 15) is 26.4 Å². The fraction of sp³-hybridized carbons (Fsp3) is 0.105. The Kier molecular flexibility index (Phi) is 6.13. The minimum atomic E-state index is -4.48. The highest BCUT2D eigenvalue weighted by molar-refractivity contribution is 7.90. The number of amides is 1. The lowest BCUT2D eigenvalue weighted by Gasteiger charge is -2.14. The van der Waals surface area contributed by atoms with Crippen LogP contribution in [0.2, 0.25) is 0 Å². The summed E-state index contributed by atoms with van der Waals surface area (Å²) in [4.78, 5) is 14.9. The first-order valence-corrected chi connectivity index (χ1v) is 10.5. The smallest absolute Gasteiger partial charge is 0.332 e. The zero-order chi connectivity index (χ0) is 22.8. The highest BCUT2D eigenvalue weighted by Crippen LogP contribution is 2.32. The summed E-state index contributed by atoms with van der Waals surface area (Å²) in [6.07, 6.45) is -3.12. The average molecular weight is 468 g/mol. The van der Waals surface area contributed by atoms with E-state index >= 15 is 0 Å². The fourth-order valence-electron chi connectivity index (χ4n) is 2.68. The van der Waals surface area contributed by atoms with E-state index in [0.29, 0.717) is 16.8 Å². The van der Waals surface area contributed by atoms with Crippen LogP contribution in [0.25, 0.3) is 10.9 Å². The van der Waals surface area contributed by atoms with Gasteiger partial charge in [0.1, 0.15) is 0 Å². The molecule has 12 heteroatoms. The Bertz CT molecular complexity index is 1260. The van der Waals surface area contributed by atoms with Crippen molar-refractivity contribution >= 4 is 55.5 Å². The largest absolute Gasteiger partial charge is 0.416 e. The minimum Gasteiger partial charge on any atom is -0.332 e. The van der Waals surface area contributed by atoms with Crippen LogP contribution >= 0.6 is 12.2 Å². The lowest BCUT2D eigenvalue weighted by Crippen LogP contribution is -2.28. The molecular weight excluding hydrogens is 453 g/mol. The van der Waals surface area contributed by atoms with Crippen molar-refractivity contribution in [2.75, 3.05) is 10.6 Å². The van der Waals surface area contributed by atoms with E-state index in [1.165, 1.54) is 36.5 Å². The molecule has 0 spiro atoms. The van der Waals surface area contributed by atoms with Gasteiger partial charge in [0.05, 0.1) is 21.7 Å². The molecule has 31 heavy (non-hydrogen) atoms. The summed E-state index contributed by atoms with van der Waals surface area (Å²) in [5, 5.41) is 6.30. The van der Waals surface area contributed by atoms with Crippen LogP contribution in [0.15, 0.2) is 59.6 Å². The van der Waals surface area contributed by atoms with Crippen molar-refractivity contribution < 1.29 is 26.4 Å². The molecule has 1 amide bonds. The molecule has 0 saturated carbocycles. The van der Waals surface area contributed by atoms with Crippen LogP contribution in [0, 0.1) is 0 Å². The molecule has 7 nitrogen and oxygen atoms in total. The lowest BCUT2D eigenvalue weighted by molar-refractivity contribution is -0.137. The number of aromatic nitrogens is 1. The van der Waals surface area contributed by atoms with E-state index in [1.54, 1.807) is 6.07 Å². The lowest BCUT2D eigenvalue weighted by atomic mass is 10.1. The zero-order valence-electron chi connectivity index (χ0n) is 15.8. The van der Waals surface area contributed by atoms with Crippen molar-refractivity contribution in [3.8, 4) is 0 Å². The van der Waals surface area contributed by atoms with Crippen molar-refractivity contribution in [3.63, 3.8) is 0 Å². The summed E-state index contributed by atoms with van der Waals surface area (Å²) < 4.78 is 64.5. The molecule has 0 atom stereocenters. The highest BCUT2D eigenvalue weighted by Gasteiger charge is 2.30. The molecule has 0 bridgehead atoms. The van der Waals surface area contributed by atoms with E-state index in [0.717, 1.165) is 19.1 Å². The second kappa shape index (κ2) is 8.47. The number of alkyl halides is 3. The summed E-state index contributed by atoms with van der Waals surface area (Å²) in [6.45, 7) is 1.09. The number of rotatable bonds is 4. The van der Waals surface area contributed by atoms with Gasteiger partial charge in [-0.05, 0) is 54.7 Å². The van der Waals surface area contributed by atoms with Gasteiger partial charge in [-0.15, -0.1) is 0 Å². The van der Waals surface area contributed by atoms with E-state index in [4.69, 9.17) is 12.2 Å². The van der Waals surface area contributed by atoms with Crippen molar-refractivity contribution in [1.82, 2.24) is 9.71 Å². The molecule has 3 aromatic rings. The molecule has 0 saturated heterocycles. The van der Waals surface area contributed by atoms with Gasteiger partial charge < -0.3 is 10.6 Å². The standard InChI is InChI=1S/C19H15F3N4O3S2/c1-11(27)26-31(28,29)14-5-3-13(4-6-14)24-18(30)25-16-8-9-23-17-10-12(19(20,21)22)2-7-15(16)17/h2-10H,1H3,(H,26,27)(H2,23,24,25,30). The summed E-state index contributed by atoms with van der Waals surface area (Å²) in [6, 6.07) is 10.2. The van der Waals surface area contributed by atoms with Crippen molar-refractivity contribution in [2.45, 2.75) is 18.0 Å². The van der Waals surface area contributed by atoms with Crippen LogP contribution in [0.3, 0.4) is 0 Å². The van der Waals surface area contributed by atoms with Gasteiger partial charge >= 0.3 is 6.18 Å². The van der Waals surface area contributed by atoms with Crippen molar-refractivity contribution in [2.24, 2.45) is 0 Å². The third kappa shape index (κ3) is 5.47. The third-order valence-corrected chi connectivity index (χ3v) is 5.67. The van der Waals surface area contributed by atoms with Crippen LogP contribution in [-0.4, -0.2) is 24.4 Å². The fourth-order valence-corrected chi connectivity index (χ4v) is 3.90. The molecule has 0 radical (unpaired) electrons. The Morgan fingerprint density at radius 3 is 2.32 bits per heavy atom. The number of fused-ring (bicyclic) bond motifs is 1. The average Bonchev–Trinajstić information content (AvgIpc) is 2.66. The molecule has 0 unspecified atom stereocenters. The normalized spacial score (nSPS) is 11.7. The maximum Gasteiger partial charge on any atom is 0.416 e. The molecule has 162 valence electrons. The second-order valence-corrected chi connectivity index (χ2v) is 8.44. The maximum atomic E-state index is 12.9. The highest BCUT2D eigenvalue weighted by atomic mass is 32.2. The van der Waals surface area contributed by atoms with Gasteiger partial charge in [0.25, 0.3) is 10.0 Å².